The van der Waals surface area contributed by atoms with Crippen molar-refractivity contribution < 1.29 is 0 Å². The second kappa shape index (κ2) is 3.86. The van der Waals surface area contributed by atoms with Crippen LogP contribution in [0.1, 0.15) is 5.56 Å². The highest BCUT2D eigenvalue weighted by atomic mass is 35.5. The van der Waals surface area contributed by atoms with Crippen molar-refractivity contribution in [1.29, 1.82) is 0 Å². The highest BCUT2D eigenvalue weighted by molar-refractivity contribution is 6.29. The molecule has 0 atom stereocenters. The van der Waals surface area contributed by atoms with Crippen molar-refractivity contribution in [2.75, 3.05) is 0 Å². The van der Waals surface area contributed by atoms with Gasteiger partial charge < -0.3 is 4.98 Å². The second-order valence-electron chi connectivity index (χ2n) is 3.91. The molecule has 17 heavy (non-hydrogen) atoms. The van der Waals surface area contributed by atoms with E-state index in [0.717, 1.165) is 16.9 Å². The van der Waals surface area contributed by atoms with Crippen LogP contribution in [-0.2, 0) is 0 Å². The molecule has 0 aliphatic rings. The number of imidazole rings is 1. The van der Waals surface area contributed by atoms with Crippen molar-refractivity contribution in [1.82, 2.24) is 15.0 Å². The van der Waals surface area contributed by atoms with Gasteiger partial charge in [-0.2, -0.15) is 0 Å². The van der Waals surface area contributed by atoms with Crippen LogP contribution >= 0.6 is 11.6 Å². The van der Waals surface area contributed by atoms with Crippen molar-refractivity contribution in [3.8, 4) is 11.4 Å². The molecule has 2 aromatic heterocycles. The third-order valence-electron chi connectivity index (χ3n) is 2.71. The van der Waals surface area contributed by atoms with E-state index in [2.05, 4.69) is 27.9 Å². The summed E-state index contributed by atoms with van der Waals surface area (Å²) < 4.78 is 0. The van der Waals surface area contributed by atoms with Crippen LogP contribution < -0.4 is 0 Å². The summed E-state index contributed by atoms with van der Waals surface area (Å²) in [5.41, 5.74) is 3.81. The van der Waals surface area contributed by atoms with Crippen LogP contribution in [0.2, 0.25) is 5.15 Å². The molecule has 0 fully saturated rings. The third kappa shape index (κ3) is 1.78. The van der Waals surface area contributed by atoms with E-state index in [4.69, 9.17) is 11.6 Å². The number of hydrogen-bond acceptors (Lipinski definition) is 2. The topological polar surface area (TPSA) is 41.6 Å². The first-order chi connectivity index (χ1) is 8.24. The number of benzene rings is 1. The average Bonchev–Trinajstić information content (AvgIpc) is 2.72. The van der Waals surface area contributed by atoms with E-state index in [1.165, 1.54) is 5.56 Å². The molecule has 1 aromatic carbocycles. The van der Waals surface area contributed by atoms with E-state index in [1.54, 1.807) is 6.07 Å². The molecule has 0 unspecified atom stereocenters. The summed E-state index contributed by atoms with van der Waals surface area (Å²) in [5.74, 6) is 0.827. The Morgan fingerprint density at radius 3 is 2.71 bits per heavy atom. The minimum absolute atomic E-state index is 0.459. The van der Waals surface area contributed by atoms with E-state index in [1.807, 2.05) is 24.3 Å². The number of pyridine rings is 1. The van der Waals surface area contributed by atoms with E-state index in [9.17, 15) is 0 Å². The van der Waals surface area contributed by atoms with Crippen LogP contribution in [0.15, 0.2) is 36.4 Å². The third-order valence-corrected chi connectivity index (χ3v) is 2.92. The molecular formula is C13H10ClN3. The van der Waals surface area contributed by atoms with Crippen molar-refractivity contribution in [2.24, 2.45) is 0 Å². The summed E-state index contributed by atoms with van der Waals surface area (Å²) in [6.07, 6.45) is 0. The molecule has 0 saturated heterocycles. The number of aromatic amines is 1. The number of halogens is 1. The first-order valence-corrected chi connectivity index (χ1v) is 5.70. The number of rotatable bonds is 1. The zero-order valence-corrected chi connectivity index (χ0v) is 9.99. The van der Waals surface area contributed by atoms with Gasteiger partial charge in [-0.15, -0.1) is 0 Å². The molecule has 1 N–H and O–H groups in total. The summed E-state index contributed by atoms with van der Waals surface area (Å²) in [5, 5.41) is 0.459. The monoisotopic (exact) mass is 243 g/mol. The Morgan fingerprint density at radius 1 is 1.06 bits per heavy atom. The molecule has 0 amide bonds. The lowest BCUT2D eigenvalue weighted by Gasteiger charge is -1.99. The van der Waals surface area contributed by atoms with Gasteiger partial charge in [-0.25, -0.2) is 9.97 Å². The van der Waals surface area contributed by atoms with Crippen LogP contribution in [0.5, 0.6) is 0 Å². The van der Waals surface area contributed by atoms with Crippen molar-refractivity contribution >= 4 is 22.8 Å². The van der Waals surface area contributed by atoms with Crippen LogP contribution in [0.3, 0.4) is 0 Å². The molecule has 3 aromatic rings. The largest absolute Gasteiger partial charge is 0.337 e. The van der Waals surface area contributed by atoms with E-state index >= 15 is 0 Å². The van der Waals surface area contributed by atoms with Gasteiger partial charge >= 0.3 is 0 Å². The predicted octanol–water partition coefficient (Wildman–Crippen LogP) is 3.59. The summed E-state index contributed by atoms with van der Waals surface area (Å²) in [7, 11) is 0. The zero-order chi connectivity index (χ0) is 11.8. The fourth-order valence-corrected chi connectivity index (χ4v) is 1.98. The molecule has 0 aliphatic heterocycles. The fourth-order valence-electron chi connectivity index (χ4n) is 1.84. The highest BCUT2D eigenvalue weighted by Gasteiger charge is 2.08. The fraction of sp³-hybridized carbons (Fsp3) is 0.0769. The molecule has 3 rings (SSSR count). The average molecular weight is 244 g/mol. The van der Waals surface area contributed by atoms with E-state index < -0.39 is 0 Å². The number of aromatic nitrogens is 3. The SMILES string of the molecule is Cc1ccccc1-c1nc2nc(Cl)ccc2[nH]1. The van der Waals surface area contributed by atoms with Gasteiger partial charge in [-0.05, 0) is 24.6 Å². The molecular weight excluding hydrogens is 234 g/mol. The maximum atomic E-state index is 5.84. The van der Waals surface area contributed by atoms with Crippen LogP contribution in [0.4, 0.5) is 0 Å². The lowest BCUT2D eigenvalue weighted by Crippen LogP contribution is -1.84. The molecule has 0 radical (unpaired) electrons. The summed E-state index contributed by atoms with van der Waals surface area (Å²) in [4.78, 5) is 11.9. The Balaban J connectivity index is 2.22. The summed E-state index contributed by atoms with van der Waals surface area (Å²) in [6, 6.07) is 11.7. The number of nitrogens with one attached hydrogen (secondary N) is 1. The number of aryl methyl sites for hydroxylation is 1. The smallest absolute Gasteiger partial charge is 0.179 e. The molecule has 0 bridgehead atoms. The Kier molecular flexibility index (Phi) is 2.34. The molecule has 4 heteroatoms. The number of nitrogens with zero attached hydrogens (tertiary/aromatic N) is 2. The summed E-state index contributed by atoms with van der Waals surface area (Å²) in [6.45, 7) is 2.06. The van der Waals surface area contributed by atoms with Crippen molar-refractivity contribution in [2.45, 2.75) is 6.92 Å². The summed E-state index contributed by atoms with van der Waals surface area (Å²) >= 11 is 5.84. The Bertz CT molecular complexity index is 688. The molecule has 3 nitrogen and oxygen atoms in total. The lowest BCUT2D eigenvalue weighted by atomic mass is 10.1. The molecule has 0 spiro atoms. The predicted molar refractivity (Wildman–Crippen MR) is 69.1 cm³/mol. The van der Waals surface area contributed by atoms with Gasteiger partial charge in [0.25, 0.3) is 0 Å². The minimum Gasteiger partial charge on any atom is -0.337 e. The Labute approximate surface area is 103 Å². The first kappa shape index (κ1) is 10.3. The number of fused-ring (bicyclic) bond motifs is 1. The molecule has 2 heterocycles. The minimum atomic E-state index is 0.459. The van der Waals surface area contributed by atoms with E-state index in [-0.39, 0.29) is 0 Å². The normalized spacial score (nSPS) is 10.9. The number of H-pyrrole nitrogens is 1. The maximum Gasteiger partial charge on any atom is 0.179 e. The Hall–Kier alpha value is -1.87. The highest BCUT2D eigenvalue weighted by Crippen LogP contribution is 2.23. The van der Waals surface area contributed by atoms with Gasteiger partial charge in [0.1, 0.15) is 11.0 Å². The maximum absolute atomic E-state index is 5.84. The van der Waals surface area contributed by atoms with Gasteiger partial charge in [0.2, 0.25) is 0 Å². The molecule has 0 aliphatic carbocycles. The van der Waals surface area contributed by atoms with Crippen LogP contribution in [-0.4, -0.2) is 15.0 Å². The number of hydrogen-bond donors (Lipinski definition) is 1. The second-order valence-corrected chi connectivity index (χ2v) is 4.29. The molecule has 0 saturated carbocycles. The first-order valence-electron chi connectivity index (χ1n) is 5.32. The van der Waals surface area contributed by atoms with Crippen molar-refractivity contribution in [3.05, 3.63) is 47.1 Å². The van der Waals surface area contributed by atoms with Crippen LogP contribution in [0, 0.1) is 6.92 Å². The van der Waals surface area contributed by atoms with E-state index in [0.29, 0.717) is 10.8 Å². The lowest BCUT2D eigenvalue weighted by molar-refractivity contribution is 1.28. The van der Waals surface area contributed by atoms with Gasteiger partial charge in [-0.3, -0.25) is 0 Å². The standard InChI is InChI=1S/C13H10ClN3/c1-8-4-2-3-5-9(8)12-15-10-6-7-11(14)16-13(10)17-12/h2-7H,1H3,(H,15,16,17). The zero-order valence-electron chi connectivity index (χ0n) is 9.24. The van der Waals surface area contributed by atoms with Gasteiger partial charge in [-0.1, -0.05) is 35.9 Å². The van der Waals surface area contributed by atoms with Gasteiger partial charge in [0.15, 0.2) is 5.65 Å². The van der Waals surface area contributed by atoms with Gasteiger partial charge in [0, 0.05) is 5.56 Å². The van der Waals surface area contributed by atoms with Crippen LogP contribution in [0.25, 0.3) is 22.6 Å². The quantitative estimate of drug-likeness (QED) is 0.664. The van der Waals surface area contributed by atoms with Gasteiger partial charge in [0.05, 0.1) is 5.52 Å². The van der Waals surface area contributed by atoms with Crippen molar-refractivity contribution in [3.63, 3.8) is 0 Å². The Morgan fingerprint density at radius 2 is 1.88 bits per heavy atom. The molecule has 84 valence electrons.